The molecule has 1 unspecified atom stereocenters. The van der Waals surface area contributed by atoms with Gasteiger partial charge in [0, 0.05) is 54.4 Å². The molecule has 1 aliphatic heterocycles. The summed E-state index contributed by atoms with van der Waals surface area (Å²) in [5, 5.41) is 7.14. The second kappa shape index (κ2) is 9.33. The SMILES string of the molecule is CC1CNCCN1c1ccc(Nc2ncc3cc(Br)c(=O)n(Cc4ccoc4C4CC4)c3n2)cc1F. The number of pyridine rings is 1. The number of hydrogen-bond acceptors (Lipinski definition) is 7. The molecule has 0 bridgehead atoms. The van der Waals surface area contributed by atoms with Gasteiger partial charge in [-0.1, -0.05) is 0 Å². The quantitative estimate of drug-likeness (QED) is 0.356. The number of benzene rings is 1. The van der Waals surface area contributed by atoms with Crippen molar-refractivity contribution < 1.29 is 8.81 Å². The maximum absolute atomic E-state index is 15.0. The molecule has 1 atom stereocenters. The Morgan fingerprint density at radius 1 is 1.28 bits per heavy atom. The highest BCUT2D eigenvalue weighted by molar-refractivity contribution is 9.10. The van der Waals surface area contributed by atoms with Crippen LogP contribution in [0.2, 0.25) is 0 Å². The summed E-state index contributed by atoms with van der Waals surface area (Å²) in [7, 11) is 0. The van der Waals surface area contributed by atoms with Crippen LogP contribution in [0.5, 0.6) is 0 Å². The van der Waals surface area contributed by atoms with Crippen LogP contribution in [-0.4, -0.2) is 40.2 Å². The molecule has 1 aromatic carbocycles. The van der Waals surface area contributed by atoms with Gasteiger partial charge in [-0.2, -0.15) is 4.98 Å². The van der Waals surface area contributed by atoms with Crippen LogP contribution in [0.4, 0.5) is 21.7 Å². The van der Waals surface area contributed by atoms with Crippen LogP contribution < -0.4 is 21.1 Å². The van der Waals surface area contributed by atoms with Crippen molar-refractivity contribution in [2.45, 2.75) is 38.3 Å². The molecule has 8 nitrogen and oxygen atoms in total. The monoisotopic (exact) mass is 552 g/mol. The third-order valence-electron chi connectivity index (χ3n) is 6.86. The molecule has 36 heavy (non-hydrogen) atoms. The van der Waals surface area contributed by atoms with E-state index >= 15 is 4.39 Å². The number of piperazine rings is 1. The smallest absolute Gasteiger partial charge is 0.266 e. The highest BCUT2D eigenvalue weighted by Crippen LogP contribution is 2.42. The Bertz CT molecular complexity index is 1500. The lowest BCUT2D eigenvalue weighted by Crippen LogP contribution is -2.50. The van der Waals surface area contributed by atoms with E-state index in [1.807, 2.05) is 12.1 Å². The van der Waals surface area contributed by atoms with Gasteiger partial charge in [0.15, 0.2) is 0 Å². The molecule has 1 saturated carbocycles. The maximum atomic E-state index is 15.0. The second-order valence-corrected chi connectivity index (χ2v) is 10.3. The van der Waals surface area contributed by atoms with E-state index in [4.69, 9.17) is 4.42 Å². The van der Waals surface area contributed by atoms with Crippen molar-refractivity contribution >= 4 is 44.3 Å². The van der Waals surface area contributed by atoms with Crippen LogP contribution in [0.25, 0.3) is 11.0 Å². The van der Waals surface area contributed by atoms with Crippen molar-refractivity contribution in [1.82, 2.24) is 19.9 Å². The van der Waals surface area contributed by atoms with Crippen LogP contribution in [0.1, 0.15) is 37.0 Å². The number of halogens is 2. The Balaban J connectivity index is 1.32. The lowest BCUT2D eigenvalue weighted by Gasteiger charge is -2.36. The summed E-state index contributed by atoms with van der Waals surface area (Å²) in [5.41, 5.74) is 2.41. The molecule has 10 heteroatoms. The van der Waals surface area contributed by atoms with Gasteiger partial charge in [0.05, 0.1) is 23.0 Å². The standard InChI is InChI=1S/C26H26BrFN6O2/c1-15-12-29-7-8-33(15)22-5-4-19(11-21(22)28)31-26-30-13-18-10-20(27)25(35)34(24(18)32-26)14-17-6-9-36-23(17)16-2-3-16/h4-6,9-11,13,15-16,29H,2-3,7-8,12,14H2,1H3,(H,30,31,32). The van der Waals surface area contributed by atoms with E-state index in [1.165, 1.54) is 6.07 Å². The summed E-state index contributed by atoms with van der Waals surface area (Å²) in [6.07, 6.45) is 5.55. The molecule has 2 aliphatic rings. The highest BCUT2D eigenvalue weighted by atomic mass is 79.9. The zero-order chi connectivity index (χ0) is 24.8. The number of anilines is 3. The maximum Gasteiger partial charge on any atom is 0.266 e. The van der Waals surface area contributed by atoms with Gasteiger partial charge in [-0.3, -0.25) is 9.36 Å². The Hall–Kier alpha value is -3.24. The van der Waals surface area contributed by atoms with Crippen molar-refractivity contribution in [1.29, 1.82) is 0 Å². The van der Waals surface area contributed by atoms with Gasteiger partial charge in [0.25, 0.3) is 5.56 Å². The van der Waals surface area contributed by atoms with Gasteiger partial charge < -0.3 is 20.0 Å². The lowest BCUT2D eigenvalue weighted by atomic mass is 10.1. The lowest BCUT2D eigenvalue weighted by molar-refractivity contribution is 0.491. The first-order chi connectivity index (χ1) is 17.5. The Morgan fingerprint density at radius 2 is 2.14 bits per heavy atom. The van der Waals surface area contributed by atoms with Crippen LogP contribution in [0, 0.1) is 5.82 Å². The van der Waals surface area contributed by atoms with E-state index in [9.17, 15) is 4.79 Å². The molecule has 4 aromatic rings. The fourth-order valence-corrected chi connectivity index (χ4v) is 5.29. The number of furan rings is 1. The van der Waals surface area contributed by atoms with Gasteiger partial charge in [0.2, 0.25) is 5.95 Å². The summed E-state index contributed by atoms with van der Waals surface area (Å²) in [5.74, 6) is 1.35. The number of aromatic nitrogens is 3. The molecule has 2 fully saturated rings. The zero-order valence-corrected chi connectivity index (χ0v) is 21.4. The molecule has 2 N–H and O–H groups in total. The molecule has 4 heterocycles. The predicted octanol–water partition coefficient (Wildman–Crippen LogP) is 4.75. The van der Waals surface area contributed by atoms with Gasteiger partial charge in [-0.25, -0.2) is 9.37 Å². The van der Waals surface area contributed by atoms with Crippen molar-refractivity contribution in [3.8, 4) is 0 Å². The third kappa shape index (κ3) is 4.39. The first-order valence-corrected chi connectivity index (χ1v) is 12.9. The molecule has 1 aliphatic carbocycles. The third-order valence-corrected chi connectivity index (χ3v) is 7.42. The molecular formula is C26H26BrFN6O2. The highest BCUT2D eigenvalue weighted by Gasteiger charge is 2.29. The second-order valence-electron chi connectivity index (χ2n) is 9.48. The van der Waals surface area contributed by atoms with Crippen molar-refractivity contribution in [2.24, 2.45) is 0 Å². The molecule has 186 valence electrons. The van der Waals surface area contributed by atoms with E-state index in [1.54, 1.807) is 29.2 Å². The normalized spacial score (nSPS) is 18.1. The van der Waals surface area contributed by atoms with Gasteiger partial charge in [-0.15, -0.1) is 0 Å². The Kier molecular flexibility index (Phi) is 6.00. The summed E-state index contributed by atoms with van der Waals surface area (Å²) < 4.78 is 22.8. The Morgan fingerprint density at radius 3 is 2.92 bits per heavy atom. The topological polar surface area (TPSA) is 88.2 Å². The average Bonchev–Trinajstić information content (AvgIpc) is 3.61. The minimum Gasteiger partial charge on any atom is -0.469 e. The molecular weight excluding hydrogens is 527 g/mol. The first kappa shape index (κ1) is 23.2. The summed E-state index contributed by atoms with van der Waals surface area (Å²) >= 11 is 3.38. The predicted molar refractivity (Wildman–Crippen MR) is 141 cm³/mol. The van der Waals surface area contributed by atoms with Crippen LogP contribution in [0.15, 0.2) is 56.5 Å². The largest absolute Gasteiger partial charge is 0.469 e. The fourth-order valence-electron chi connectivity index (χ4n) is 4.83. The van der Waals surface area contributed by atoms with Gasteiger partial charge in [-0.05, 0) is 66.0 Å². The number of rotatable bonds is 6. The Labute approximate surface area is 215 Å². The van der Waals surface area contributed by atoms with Crippen LogP contribution in [0.3, 0.4) is 0 Å². The number of nitrogens with one attached hydrogen (secondary N) is 2. The first-order valence-electron chi connectivity index (χ1n) is 12.1. The van der Waals surface area contributed by atoms with Crippen molar-refractivity contribution in [3.05, 3.63) is 74.8 Å². The van der Waals surface area contributed by atoms with E-state index < -0.39 is 0 Å². The molecule has 0 radical (unpaired) electrons. The summed E-state index contributed by atoms with van der Waals surface area (Å²) in [6.45, 7) is 4.83. The minimum absolute atomic E-state index is 0.185. The molecule has 3 aromatic heterocycles. The average molecular weight is 553 g/mol. The van der Waals surface area contributed by atoms with Crippen molar-refractivity contribution in [2.75, 3.05) is 29.9 Å². The molecule has 0 amide bonds. The van der Waals surface area contributed by atoms with E-state index in [0.29, 0.717) is 34.0 Å². The molecule has 0 spiro atoms. The van der Waals surface area contributed by atoms with E-state index in [-0.39, 0.29) is 23.4 Å². The fraction of sp³-hybridized carbons (Fsp3) is 0.346. The van der Waals surface area contributed by atoms with Crippen LogP contribution in [-0.2, 0) is 6.54 Å². The van der Waals surface area contributed by atoms with E-state index in [0.717, 1.165) is 49.2 Å². The van der Waals surface area contributed by atoms with Crippen LogP contribution >= 0.6 is 15.9 Å². The number of fused-ring (bicyclic) bond motifs is 1. The van der Waals surface area contributed by atoms with E-state index in [2.05, 4.69) is 48.4 Å². The van der Waals surface area contributed by atoms with Gasteiger partial charge >= 0.3 is 0 Å². The summed E-state index contributed by atoms with van der Waals surface area (Å²) in [4.78, 5) is 24.2. The molecule has 6 rings (SSSR count). The zero-order valence-electron chi connectivity index (χ0n) is 19.8. The molecule has 1 saturated heterocycles. The van der Waals surface area contributed by atoms with Gasteiger partial charge in [0.1, 0.15) is 17.2 Å². The number of nitrogens with zero attached hydrogens (tertiary/aromatic N) is 4. The minimum atomic E-state index is -0.303. The number of hydrogen-bond donors (Lipinski definition) is 2. The summed E-state index contributed by atoms with van der Waals surface area (Å²) in [6, 6.07) is 8.91. The van der Waals surface area contributed by atoms with Crippen molar-refractivity contribution in [3.63, 3.8) is 0 Å².